The molecule has 2 aromatic carbocycles. The van der Waals surface area contributed by atoms with Gasteiger partial charge in [0.25, 0.3) is 5.91 Å². The van der Waals surface area contributed by atoms with E-state index in [0.717, 1.165) is 18.5 Å². The summed E-state index contributed by atoms with van der Waals surface area (Å²) in [5.41, 5.74) is 9.33. The second kappa shape index (κ2) is 7.64. The third-order valence-corrected chi connectivity index (χ3v) is 4.42. The standard InChI is InChI=1S/C18H18ClN3OS/c19-15-6-3-7-16(11-15)20-18(24)22-21-17(23)14-9-8-12-4-1-2-5-13(12)10-14/h3,6-11H,1-2,4-5H2,(H,21,23)(H2,20,22,24). The van der Waals surface area contributed by atoms with E-state index in [4.69, 9.17) is 23.8 Å². The molecule has 1 amide bonds. The molecule has 0 bridgehead atoms. The first-order valence-electron chi connectivity index (χ1n) is 7.86. The third-order valence-electron chi connectivity index (χ3n) is 3.98. The summed E-state index contributed by atoms with van der Waals surface area (Å²) in [5, 5.41) is 3.87. The molecule has 24 heavy (non-hydrogen) atoms. The Labute approximate surface area is 151 Å². The number of hydrogen-bond acceptors (Lipinski definition) is 2. The number of amides is 1. The molecular weight excluding hydrogens is 342 g/mol. The first kappa shape index (κ1) is 16.7. The lowest BCUT2D eigenvalue weighted by Gasteiger charge is -2.17. The number of hydrazine groups is 1. The molecule has 1 aliphatic rings. The number of nitrogens with one attached hydrogen (secondary N) is 3. The number of fused-ring (bicyclic) bond motifs is 1. The van der Waals surface area contributed by atoms with Crippen LogP contribution in [0.3, 0.4) is 0 Å². The number of aryl methyl sites for hydroxylation is 2. The quantitative estimate of drug-likeness (QED) is 0.563. The Balaban J connectivity index is 1.56. The Morgan fingerprint density at radius 2 is 1.79 bits per heavy atom. The second-order valence-corrected chi connectivity index (χ2v) is 6.58. The molecular formula is C18H18ClN3OS. The van der Waals surface area contributed by atoms with E-state index in [1.807, 2.05) is 30.3 Å². The average Bonchev–Trinajstić information content (AvgIpc) is 2.59. The van der Waals surface area contributed by atoms with Gasteiger partial charge in [0.05, 0.1) is 0 Å². The van der Waals surface area contributed by atoms with E-state index in [0.29, 0.717) is 15.7 Å². The van der Waals surface area contributed by atoms with Gasteiger partial charge in [-0.05, 0) is 79.4 Å². The topological polar surface area (TPSA) is 53.2 Å². The summed E-state index contributed by atoms with van der Waals surface area (Å²) in [5.74, 6) is -0.210. The lowest BCUT2D eigenvalue weighted by molar-refractivity contribution is 0.0944. The molecule has 124 valence electrons. The fraction of sp³-hybridized carbons (Fsp3) is 0.222. The number of thiocarbonyl (C=S) groups is 1. The summed E-state index contributed by atoms with van der Waals surface area (Å²) in [4.78, 5) is 12.3. The normalized spacial score (nSPS) is 12.9. The highest BCUT2D eigenvalue weighted by Crippen LogP contribution is 2.22. The molecule has 0 aliphatic heterocycles. The van der Waals surface area contributed by atoms with Crippen molar-refractivity contribution in [3.05, 3.63) is 64.2 Å². The maximum absolute atomic E-state index is 12.3. The molecule has 6 heteroatoms. The summed E-state index contributed by atoms with van der Waals surface area (Å²) >= 11 is 11.1. The lowest BCUT2D eigenvalue weighted by atomic mass is 9.90. The highest BCUT2D eigenvalue weighted by Gasteiger charge is 2.13. The number of anilines is 1. The molecule has 0 unspecified atom stereocenters. The highest BCUT2D eigenvalue weighted by molar-refractivity contribution is 7.80. The van der Waals surface area contributed by atoms with E-state index in [-0.39, 0.29) is 5.91 Å². The first-order valence-corrected chi connectivity index (χ1v) is 8.65. The average molecular weight is 360 g/mol. The zero-order valence-corrected chi connectivity index (χ0v) is 14.6. The van der Waals surface area contributed by atoms with Gasteiger partial charge in [0.1, 0.15) is 0 Å². The minimum Gasteiger partial charge on any atom is -0.331 e. The molecule has 3 N–H and O–H groups in total. The molecule has 0 saturated heterocycles. The number of benzene rings is 2. The van der Waals surface area contributed by atoms with Crippen LogP contribution < -0.4 is 16.2 Å². The molecule has 1 aliphatic carbocycles. The van der Waals surface area contributed by atoms with E-state index in [9.17, 15) is 4.79 Å². The molecule has 0 heterocycles. The van der Waals surface area contributed by atoms with Crippen molar-refractivity contribution >= 4 is 40.5 Å². The Morgan fingerprint density at radius 1 is 1.00 bits per heavy atom. The van der Waals surface area contributed by atoms with Gasteiger partial charge in [-0.3, -0.25) is 15.6 Å². The minimum atomic E-state index is -0.210. The van der Waals surface area contributed by atoms with Crippen LogP contribution >= 0.6 is 23.8 Å². The number of rotatable bonds is 2. The summed E-state index contributed by atoms with van der Waals surface area (Å²) in [6.07, 6.45) is 4.55. The summed E-state index contributed by atoms with van der Waals surface area (Å²) in [6, 6.07) is 13.1. The van der Waals surface area contributed by atoms with E-state index in [1.54, 1.807) is 12.1 Å². The van der Waals surface area contributed by atoms with Gasteiger partial charge < -0.3 is 5.32 Å². The first-order chi connectivity index (χ1) is 11.6. The van der Waals surface area contributed by atoms with Gasteiger partial charge in [0, 0.05) is 16.3 Å². The number of carbonyl (C=O) groups excluding carboxylic acids is 1. The van der Waals surface area contributed by atoms with Crippen molar-refractivity contribution in [2.75, 3.05) is 5.32 Å². The van der Waals surface area contributed by atoms with Gasteiger partial charge in [-0.15, -0.1) is 0 Å². The predicted molar refractivity (Wildman–Crippen MR) is 101 cm³/mol. The lowest BCUT2D eigenvalue weighted by Crippen LogP contribution is -2.43. The van der Waals surface area contributed by atoms with Gasteiger partial charge in [-0.1, -0.05) is 23.7 Å². The SMILES string of the molecule is O=C(NNC(=S)Nc1cccc(Cl)c1)c1ccc2c(c1)CCCC2. The molecule has 4 nitrogen and oxygen atoms in total. The van der Waals surface area contributed by atoms with E-state index >= 15 is 0 Å². The molecule has 0 spiro atoms. The number of carbonyl (C=O) groups is 1. The van der Waals surface area contributed by atoms with E-state index in [2.05, 4.69) is 16.2 Å². The second-order valence-electron chi connectivity index (χ2n) is 5.73. The van der Waals surface area contributed by atoms with Crippen LogP contribution in [-0.2, 0) is 12.8 Å². The van der Waals surface area contributed by atoms with E-state index in [1.165, 1.54) is 24.0 Å². The van der Waals surface area contributed by atoms with Gasteiger partial charge in [-0.25, -0.2) is 0 Å². The summed E-state index contributed by atoms with van der Waals surface area (Å²) < 4.78 is 0. The third kappa shape index (κ3) is 4.24. The van der Waals surface area contributed by atoms with Crippen LogP contribution in [0.25, 0.3) is 0 Å². The molecule has 0 saturated carbocycles. The fourth-order valence-corrected chi connectivity index (χ4v) is 3.15. The van der Waals surface area contributed by atoms with Gasteiger partial charge in [0.2, 0.25) is 0 Å². The van der Waals surface area contributed by atoms with Crippen molar-refractivity contribution in [3.63, 3.8) is 0 Å². The van der Waals surface area contributed by atoms with Crippen molar-refractivity contribution in [2.24, 2.45) is 0 Å². The molecule has 3 rings (SSSR count). The Kier molecular flexibility index (Phi) is 5.33. The zero-order chi connectivity index (χ0) is 16.9. The van der Waals surface area contributed by atoms with Crippen LogP contribution in [0.5, 0.6) is 0 Å². The van der Waals surface area contributed by atoms with Gasteiger partial charge >= 0.3 is 0 Å². The smallest absolute Gasteiger partial charge is 0.269 e. The Hall–Kier alpha value is -2.11. The molecule has 0 radical (unpaired) electrons. The van der Waals surface area contributed by atoms with E-state index < -0.39 is 0 Å². The van der Waals surface area contributed by atoms with Gasteiger partial charge in [-0.2, -0.15) is 0 Å². The molecule has 0 fully saturated rings. The van der Waals surface area contributed by atoms with Crippen LogP contribution in [0.15, 0.2) is 42.5 Å². The summed E-state index contributed by atoms with van der Waals surface area (Å²) in [6.45, 7) is 0. The van der Waals surface area contributed by atoms with Crippen molar-refractivity contribution < 1.29 is 4.79 Å². The zero-order valence-electron chi connectivity index (χ0n) is 13.1. The Bertz CT molecular complexity index is 779. The highest BCUT2D eigenvalue weighted by atomic mass is 35.5. The Morgan fingerprint density at radius 3 is 2.58 bits per heavy atom. The van der Waals surface area contributed by atoms with Gasteiger partial charge in [0.15, 0.2) is 5.11 Å². The maximum Gasteiger partial charge on any atom is 0.269 e. The number of hydrogen-bond donors (Lipinski definition) is 3. The van der Waals surface area contributed by atoms with Crippen LogP contribution in [0.2, 0.25) is 5.02 Å². The van der Waals surface area contributed by atoms with Crippen LogP contribution in [0.4, 0.5) is 5.69 Å². The van der Waals surface area contributed by atoms with Crippen LogP contribution in [0, 0.1) is 0 Å². The molecule has 0 aromatic heterocycles. The van der Waals surface area contributed by atoms with Crippen LogP contribution in [-0.4, -0.2) is 11.0 Å². The number of halogens is 1. The minimum absolute atomic E-state index is 0.210. The largest absolute Gasteiger partial charge is 0.331 e. The monoisotopic (exact) mass is 359 g/mol. The summed E-state index contributed by atoms with van der Waals surface area (Å²) in [7, 11) is 0. The van der Waals surface area contributed by atoms with Crippen molar-refractivity contribution in [1.82, 2.24) is 10.9 Å². The van der Waals surface area contributed by atoms with Crippen molar-refractivity contribution in [1.29, 1.82) is 0 Å². The molecule has 2 aromatic rings. The van der Waals surface area contributed by atoms with Crippen LogP contribution in [0.1, 0.15) is 34.3 Å². The van der Waals surface area contributed by atoms with Crippen molar-refractivity contribution in [2.45, 2.75) is 25.7 Å². The molecule has 0 atom stereocenters. The fourth-order valence-electron chi connectivity index (χ4n) is 2.79. The van der Waals surface area contributed by atoms with Crippen molar-refractivity contribution in [3.8, 4) is 0 Å². The predicted octanol–water partition coefficient (Wildman–Crippen LogP) is 3.85. The maximum atomic E-state index is 12.3.